The first-order valence-corrected chi connectivity index (χ1v) is 7.11. The molecule has 1 aliphatic heterocycles. The van der Waals surface area contributed by atoms with E-state index in [-0.39, 0.29) is 0 Å². The highest BCUT2D eigenvalue weighted by Gasteiger charge is 2.16. The van der Waals surface area contributed by atoms with Crippen LogP contribution in [-0.2, 0) is 0 Å². The quantitative estimate of drug-likeness (QED) is 0.629. The van der Waals surface area contributed by atoms with Crippen molar-refractivity contribution >= 4 is 11.8 Å². The molecule has 86 valence electrons. The maximum Gasteiger partial charge on any atom is -0.00228 e. The van der Waals surface area contributed by atoms with E-state index in [0.29, 0.717) is 0 Å². The molecule has 0 bridgehead atoms. The molecule has 2 aliphatic rings. The van der Waals surface area contributed by atoms with Gasteiger partial charge >= 0.3 is 0 Å². The Hall–Kier alpha value is -0.690. The van der Waals surface area contributed by atoms with Crippen LogP contribution in [0.25, 0.3) is 0 Å². The van der Waals surface area contributed by atoms with E-state index in [1.54, 1.807) is 16.1 Å². The van der Waals surface area contributed by atoms with Crippen molar-refractivity contribution in [3.63, 3.8) is 0 Å². The normalized spacial score (nSPS) is 22.8. The summed E-state index contributed by atoms with van der Waals surface area (Å²) < 4.78 is 0. The van der Waals surface area contributed by atoms with E-state index in [4.69, 9.17) is 0 Å². The van der Waals surface area contributed by atoms with Gasteiger partial charge < -0.3 is 0 Å². The van der Waals surface area contributed by atoms with Crippen molar-refractivity contribution in [3.8, 4) is 0 Å². The third-order valence-electron chi connectivity index (χ3n) is 3.21. The summed E-state index contributed by atoms with van der Waals surface area (Å²) in [5, 5.41) is 2.23. The number of thioether (sulfide) groups is 1. The van der Waals surface area contributed by atoms with Gasteiger partial charge in [0.1, 0.15) is 0 Å². The van der Waals surface area contributed by atoms with E-state index in [1.165, 1.54) is 31.3 Å². The molecule has 2 rings (SSSR count). The summed E-state index contributed by atoms with van der Waals surface area (Å²) in [4.78, 5) is 1.58. The third-order valence-corrected chi connectivity index (χ3v) is 4.23. The Bertz CT molecular complexity index is 359. The van der Waals surface area contributed by atoms with Gasteiger partial charge in [-0.25, -0.2) is 0 Å². The van der Waals surface area contributed by atoms with E-state index in [1.807, 2.05) is 11.8 Å². The predicted molar refractivity (Wildman–Crippen MR) is 74.4 cm³/mol. The van der Waals surface area contributed by atoms with Crippen LogP contribution >= 0.6 is 11.8 Å². The lowest BCUT2D eigenvalue weighted by atomic mass is 9.98. The lowest BCUT2D eigenvalue weighted by molar-refractivity contribution is 0.781. The molecule has 0 spiro atoms. The van der Waals surface area contributed by atoms with Crippen molar-refractivity contribution < 1.29 is 0 Å². The Morgan fingerprint density at radius 3 is 2.88 bits per heavy atom. The highest BCUT2D eigenvalue weighted by atomic mass is 32.2. The summed E-state index contributed by atoms with van der Waals surface area (Å²) in [6.45, 7) is 6.34. The van der Waals surface area contributed by atoms with Crippen molar-refractivity contribution in [2.75, 3.05) is 0 Å². The summed E-state index contributed by atoms with van der Waals surface area (Å²) >= 11 is 1.92. The number of hydrogen-bond acceptors (Lipinski definition) is 1. The molecule has 0 amide bonds. The molecule has 0 aromatic carbocycles. The van der Waals surface area contributed by atoms with Gasteiger partial charge in [0.2, 0.25) is 0 Å². The van der Waals surface area contributed by atoms with Crippen molar-refractivity contribution in [1.29, 1.82) is 0 Å². The number of rotatable bonds is 4. The standard InChI is InChI=1S/C15H20S/c1-3-4-6-14(15-7-5-10-16-15)13-9-8-12(2)11-13/h5,10-11H,2-4,6-9H2,1H3. The van der Waals surface area contributed by atoms with Crippen molar-refractivity contribution in [3.05, 3.63) is 45.8 Å². The van der Waals surface area contributed by atoms with Crippen LogP contribution in [0.5, 0.6) is 0 Å². The zero-order valence-corrected chi connectivity index (χ0v) is 10.9. The van der Waals surface area contributed by atoms with Crippen LogP contribution in [-0.4, -0.2) is 0 Å². The monoisotopic (exact) mass is 232 g/mol. The van der Waals surface area contributed by atoms with Crippen molar-refractivity contribution in [1.82, 2.24) is 0 Å². The van der Waals surface area contributed by atoms with Gasteiger partial charge in [0.15, 0.2) is 0 Å². The van der Waals surface area contributed by atoms with Gasteiger partial charge in [-0.2, -0.15) is 0 Å². The van der Waals surface area contributed by atoms with Gasteiger partial charge in [-0.15, -0.1) is 11.8 Å². The molecule has 1 heterocycles. The summed E-state index contributed by atoms with van der Waals surface area (Å²) in [5.41, 5.74) is 4.49. The van der Waals surface area contributed by atoms with Gasteiger partial charge in [0.25, 0.3) is 0 Å². The topological polar surface area (TPSA) is 0 Å². The van der Waals surface area contributed by atoms with Gasteiger partial charge in [-0.1, -0.05) is 37.6 Å². The van der Waals surface area contributed by atoms with Crippen LogP contribution in [0.4, 0.5) is 0 Å². The lowest BCUT2D eigenvalue weighted by Gasteiger charge is -2.11. The molecular weight excluding hydrogens is 212 g/mol. The largest absolute Gasteiger partial charge is 0.102 e. The Labute approximate surface area is 103 Å². The fourth-order valence-electron chi connectivity index (χ4n) is 2.28. The van der Waals surface area contributed by atoms with E-state index in [9.17, 15) is 0 Å². The van der Waals surface area contributed by atoms with Gasteiger partial charge in [-0.3, -0.25) is 0 Å². The van der Waals surface area contributed by atoms with E-state index < -0.39 is 0 Å². The fraction of sp³-hybridized carbons (Fsp3) is 0.467. The van der Waals surface area contributed by atoms with Crippen LogP contribution in [0, 0.1) is 0 Å². The van der Waals surface area contributed by atoms with Gasteiger partial charge in [0.05, 0.1) is 0 Å². The lowest BCUT2D eigenvalue weighted by Crippen LogP contribution is -1.91. The predicted octanol–water partition coefficient (Wildman–Crippen LogP) is 5.36. The fourth-order valence-corrected chi connectivity index (χ4v) is 3.21. The highest BCUT2D eigenvalue weighted by molar-refractivity contribution is 8.06. The second kappa shape index (κ2) is 5.58. The van der Waals surface area contributed by atoms with Crippen LogP contribution in [0.1, 0.15) is 45.4 Å². The molecular formula is C15H20S. The minimum Gasteiger partial charge on any atom is -0.102 e. The van der Waals surface area contributed by atoms with E-state index >= 15 is 0 Å². The number of unbranched alkanes of at least 4 members (excludes halogenated alkanes) is 1. The minimum atomic E-state index is 1.15. The van der Waals surface area contributed by atoms with Crippen LogP contribution in [0.2, 0.25) is 0 Å². The number of allylic oxidation sites excluding steroid dienone is 6. The molecule has 0 nitrogen and oxygen atoms in total. The summed E-state index contributed by atoms with van der Waals surface area (Å²) in [6, 6.07) is 0. The van der Waals surface area contributed by atoms with Crippen LogP contribution in [0.3, 0.4) is 0 Å². The average molecular weight is 232 g/mol. The number of hydrogen-bond donors (Lipinski definition) is 0. The Morgan fingerprint density at radius 1 is 1.44 bits per heavy atom. The smallest absolute Gasteiger partial charge is 0.00228 e. The summed E-state index contributed by atoms with van der Waals surface area (Å²) in [6.07, 6.45) is 11.9. The zero-order valence-electron chi connectivity index (χ0n) is 10.1. The Kier molecular flexibility index (Phi) is 4.11. The molecule has 0 saturated carbocycles. The molecule has 0 saturated heterocycles. The average Bonchev–Trinajstić information content (AvgIpc) is 2.91. The van der Waals surface area contributed by atoms with Crippen molar-refractivity contribution in [2.45, 2.75) is 45.4 Å². The Balaban J connectivity index is 2.18. The second-order valence-electron chi connectivity index (χ2n) is 4.53. The molecule has 0 unspecified atom stereocenters. The van der Waals surface area contributed by atoms with E-state index in [2.05, 4.69) is 31.1 Å². The molecule has 0 N–H and O–H groups in total. The molecule has 0 fully saturated rings. The van der Waals surface area contributed by atoms with Gasteiger partial charge in [-0.05, 0) is 53.6 Å². The molecule has 1 aliphatic carbocycles. The molecule has 1 heteroatoms. The minimum absolute atomic E-state index is 1.15. The Morgan fingerprint density at radius 2 is 2.31 bits per heavy atom. The second-order valence-corrected chi connectivity index (χ2v) is 5.53. The first kappa shape index (κ1) is 11.8. The van der Waals surface area contributed by atoms with E-state index in [0.717, 1.165) is 12.8 Å². The first-order valence-electron chi connectivity index (χ1n) is 6.23. The molecule has 0 atom stereocenters. The molecule has 0 radical (unpaired) electrons. The molecule has 16 heavy (non-hydrogen) atoms. The SMILES string of the molecule is C=C1C=C(C(CCCC)=C2CC=CS2)CC1. The van der Waals surface area contributed by atoms with Gasteiger partial charge in [0, 0.05) is 0 Å². The zero-order chi connectivity index (χ0) is 11.4. The third kappa shape index (κ3) is 2.70. The maximum atomic E-state index is 4.07. The van der Waals surface area contributed by atoms with Crippen LogP contribution < -0.4 is 0 Å². The highest BCUT2D eigenvalue weighted by Crippen LogP contribution is 2.39. The summed E-state index contributed by atoms with van der Waals surface area (Å²) in [5.74, 6) is 0. The summed E-state index contributed by atoms with van der Waals surface area (Å²) in [7, 11) is 0. The maximum absolute atomic E-state index is 4.07. The molecule has 0 aromatic rings. The van der Waals surface area contributed by atoms with Crippen LogP contribution in [0.15, 0.2) is 45.8 Å². The molecule has 0 aromatic heterocycles. The van der Waals surface area contributed by atoms with Crippen molar-refractivity contribution in [2.24, 2.45) is 0 Å². The first-order chi connectivity index (χ1) is 7.81.